The van der Waals surface area contributed by atoms with Crippen molar-refractivity contribution in [2.75, 3.05) is 7.11 Å². The molecule has 1 heterocycles. The number of halogens is 1. The van der Waals surface area contributed by atoms with E-state index in [1.807, 2.05) is 24.3 Å². The normalized spacial score (nSPS) is 10.5. The van der Waals surface area contributed by atoms with Gasteiger partial charge in [0.15, 0.2) is 5.69 Å². The van der Waals surface area contributed by atoms with Crippen LogP contribution in [0, 0.1) is 6.92 Å². The number of hydrogen-bond donors (Lipinski definition) is 1. The van der Waals surface area contributed by atoms with Crippen LogP contribution in [-0.4, -0.2) is 22.8 Å². The van der Waals surface area contributed by atoms with Crippen LogP contribution in [0.15, 0.2) is 59.4 Å². The lowest BCUT2D eigenvalue weighted by molar-refractivity contribution is 0.0943. The van der Waals surface area contributed by atoms with Gasteiger partial charge in [0.25, 0.3) is 5.91 Å². The lowest BCUT2D eigenvalue weighted by atomic mass is 10.2. The van der Waals surface area contributed by atoms with Crippen LogP contribution in [0.4, 0.5) is 0 Å². The summed E-state index contributed by atoms with van der Waals surface area (Å²) in [5, 5.41) is 7.56. The molecule has 1 N–H and O–H groups in total. The summed E-state index contributed by atoms with van der Waals surface area (Å²) in [6.45, 7) is 2.01. The molecule has 6 nitrogen and oxygen atoms in total. The van der Waals surface area contributed by atoms with E-state index in [0.29, 0.717) is 22.2 Å². The fourth-order valence-electron chi connectivity index (χ4n) is 2.60. The maximum Gasteiger partial charge on any atom is 0.276 e. The largest absolute Gasteiger partial charge is 0.497 e. The first kappa shape index (κ1) is 18.7. The molecule has 1 aromatic heterocycles. The zero-order chi connectivity index (χ0) is 19.4. The molecule has 0 saturated carbocycles. The Kier molecular flexibility index (Phi) is 5.57. The first-order chi connectivity index (χ1) is 13.0. The van der Waals surface area contributed by atoms with Gasteiger partial charge in [-0.15, -0.1) is 0 Å². The van der Waals surface area contributed by atoms with E-state index in [1.165, 1.54) is 10.7 Å². The van der Waals surface area contributed by atoms with Gasteiger partial charge < -0.3 is 10.1 Å². The molecular formula is C20H18ClN3O3. The number of methoxy groups -OCH3 is 1. The second kappa shape index (κ2) is 8.05. The van der Waals surface area contributed by atoms with E-state index >= 15 is 0 Å². The van der Waals surface area contributed by atoms with Crippen molar-refractivity contribution >= 4 is 17.5 Å². The predicted octanol–water partition coefficient (Wildman–Crippen LogP) is 3.13. The van der Waals surface area contributed by atoms with Gasteiger partial charge in [0.1, 0.15) is 5.75 Å². The Morgan fingerprint density at radius 3 is 2.63 bits per heavy atom. The average molecular weight is 384 g/mol. The Bertz CT molecular complexity index is 1030. The van der Waals surface area contributed by atoms with Gasteiger partial charge in [0, 0.05) is 23.3 Å². The Morgan fingerprint density at radius 2 is 1.93 bits per heavy atom. The Labute approximate surface area is 161 Å². The molecule has 27 heavy (non-hydrogen) atoms. The van der Waals surface area contributed by atoms with Crippen LogP contribution >= 0.6 is 11.6 Å². The molecule has 3 rings (SSSR count). The van der Waals surface area contributed by atoms with E-state index in [9.17, 15) is 9.59 Å². The molecule has 0 saturated heterocycles. The minimum Gasteiger partial charge on any atom is -0.497 e. The third kappa shape index (κ3) is 4.35. The van der Waals surface area contributed by atoms with E-state index in [2.05, 4.69) is 10.4 Å². The molecule has 0 atom stereocenters. The number of nitrogens with zero attached hydrogens (tertiary/aromatic N) is 2. The summed E-state index contributed by atoms with van der Waals surface area (Å²) in [4.78, 5) is 24.8. The molecule has 0 radical (unpaired) electrons. The lowest BCUT2D eigenvalue weighted by Crippen LogP contribution is -2.31. The zero-order valence-corrected chi connectivity index (χ0v) is 15.7. The molecule has 0 aliphatic heterocycles. The van der Waals surface area contributed by atoms with Crippen molar-refractivity contribution in [2.45, 2.75) is 13.5 Å². The molecule has 1 amide bonds. The smallest absolute Gasteiger partial charge is 0.276 e. The number of aryl methyl sites for hydroxylation is 1. The average Bonchev–Trinajstić information content (AvgIpc) is 2.67. The Balaban J connectivity index is 1.84. The Hall–Kier alpha value is -3.12. The van der Waals surface area contributed by atoms with Gasteiger partial charge >= 0.3 is 0 Å². The molecule has 0 fully saturated rings. The highest BCUT2D eigenvalue weighted by Crippen LogP contribution is 2.14. The molecule has 0 bridgehead atoms. The van der Waals surface area contributed by atoms with Crippen LogP contribution in [0.5, 0.6) is 5.75 Å². The molecule has 3 aromatic rings. The van der Waals surface area contributed by atoms with E-state index in [-0.39, 0.29) is 12.2 Å². The molecule has 0 aliphatic carbocycles. The summed E-state index contributed by atoms with van der Waals surface area (Å²) < 4.78 is 6.70. The van der Waals surface area contributed by atoms with Crippen molar-refractivity contribution in [3.05, 3.63) is 86.8 Å². The summed E-state index contributed by atoms with van der Waals surface area (Å²) in [5.41, 5.74) is 1.58. The van der Waals surface area contributed by atoms with Crippen molar-refractivity contribution in [1.29, 1.82) is 0 Å². The molecule has 0 unspecified atom stereocenters. The van der Waals surface area contributed by atoms with Gasteiger partial charge in [0.2, 0.25) is 5.43 Å². The number of nitrogens with one attached hydrogen (secondary N) is 1. The second-order valence-electron chi connectivity index (χ2n) is 5.92. The fraction of sp³-hybridized carbons (Fsp3) is 0.150. The first-order valence-corrected chi connectivity index (χ1v) is 8.64. The first-order valence-electron chi connectivity index (χ1n) is 8.26. The van der Waals surface area contributed by atoms with Crippen molar-refractivity contribution in [3.8, 4) is 11.4 Å². The number of amides is 1. The van der Waals surface area contributed by atoms with Crippen LogP contribution in [0.3, 0.4) is 0 Å². The number of carbonyl (C=O) groups is 1. The lowest BCUT2D eigenvalue weighted by Gasteiger charge is -2.11. The number of aromatic nitrogens is 2. The maximum absolute atomic E-state index is 12.5. The van der Waals surface area contributed by atoms with Crippen LogP contribution in [0.1, 0.15) is 21.7 Å². The van der Waals surface area contributed by atoms with Gasteiger partial charge in [0.05, 0.1) is 12.8 Å². The standard InChI is InChI=1S/C20H18ClN3O3/c1-13-10-18(25)19(23-24(13)16-8-6-15(21)7-9-16)20(26)22-12-14-4-3-5-17(11-14)27-2/h3-11H,12H2,1-2H3,(H,22,26). The highest BCUT2D eigenvalue weighted by atomic mass is 35.5. The minimum absolute atomic E-state index is 0.168. The number of carbonyl (C=O) groups excluding carboxylic acids is 1. The molecule has 7 heteroatoms. The molecule has 0 spiro atoms. The topological polar surface area (TPSA) is 73.2 Å². The Morgan fingerprint density at radius 1 is 1.19 bits per heavy atom. The number of benzene rings is 2. The number of rotatable bonds is 5. The molecule has 138 valence electrons. The highest BCUT2D eigenvalue weighted by Gasteiger charge is 2.15. The van der Waals surface area contributed by atoms with E-state index < -0.39 is 11.3 Å². The molecule has 2 aromatic carbocycles. The van der Waals surface area contributed by atoms with Gasteiger partial charge in [-0.2, -0.15) is 5.10 Å². The van der Waals surface area contributed by atoms with Crippen molar-refractivity contribution < 1.29 is 9.53 Å². The predicted molar refractivity (Wildman–Crippen MR) is 104 cm³/mol. The molecule has 0 aliphatic rings. The summed E-state index contributed by atoms with van der Waals surface area (Å²) in [7, 11) is 1.58. The minimum atomic E-state index is -0.537. The summed E-state index contributed by atoms with van der Waals surface area (Å²) >= 11 is 5.91. The van der Waals surface area contributed by atoms with Gasteiger partial charge in [-0.05, 0) is 48.9 Å². The quantitative estimate of drug-likeness (QED) is 0.734. The van der Waals surface area contributed by atoms with Crippen molar-refractivity contribution in [2.24, 2.45) is 0 Å². The third-order valence-corrected chi connectivity index (χ3v) is 4.23. The SMILES string of the molecule is COc1cccc(CNC(=O)c2nn(-c3ccc(Cl)cc3)c(C)cc2=O)c1. The van der Waals surface area contributed by atoms with Gasteiger partial charge in [-0.3, -0.25) is 9.59 Å². The van der Waals surface area contributed by atoms with E-state index in [4.69, 9.17) is 16.3 Å². The summed E-state index contributed by atoms with van der Waals surface area (Å²) in [6.07, 6.45) is 0. The third-order valence-electron chi connectivity index (χ3n) is 3.98. The number of ether oxygens (including phenoxy) is 1. The molecular weight excluding hydrogens is 366 g/mol. The van der Waals surface area contributed by atoms with Crippen LogP contribution in [-0.2, 0) is 6.54 Å². The van der Waals surface area contributed by atoms with Crippen LogP contribution in [0.2, 0.25) is 5.02 Å². The van der Waals surface area contributed by atoms with Gasteiger partial charge in [-0.25, -0.2) is 4.68 Å². The second-order valence-corrected chi connectivity index (χ2v) is 6.36. The zero-order valence-electron chi connectivity index (χ0n) is 14.9. The fourth-order valence-corrected chi connectivity index (χ4v) is 2.72. The maximum atomic E-state index is 12.5. The highest BCUT2D eigenvalue weighted by molar-refractivity contribution is 6.30. The summed E-state index contributed by atoms with van der Waals surface area (Å²) in [6, 6.07) is 15.7. The monoisotopic (exact) mass is 383 g/mol. The van der Waals surface area contributed by atoms with E-state index in [1.54, 1.807) is 38.3 Å². The van der Waals surface area contributed by atoms with Crippen molar-refractivity contribution in [3.63, 3.8) is 0 Å². The van der Waals surface area contributed by atoms with Crippen LogP contribution in [0.25, 0.3) is 5.69 Å². The van der Waals surface area contributed by atoms with Gasteiger partial charge in [-0.1, -0.05) is 23.7 Å². The number of hydrogen-bond acceptors (Lipinski definition) is 4. The van der Waals surface area contributed by atoms with Crippen molar-refractivity contribution in [1.82, 2.24) is 15.1 Å². The van der Waals surface area contributed by atoms with Crippen LogP contribution < -0.4 is 15.5 Å². The van der Waals surface area contributed by atoms with E-state index in [0.717, 1.165) is 5.56 Å². The summed E-state index contributed by atoms with van der Waals surface area (Å²) in [5.74, 6) is 0.158.